The van der Waals surface area contributed by atoms with Crippen LogP contribution in [-0.4, -0.2) is 38.1 Å². The third kappa shape index (κ3) is 5.06. The summed E-state index contributed by atoms with van der Waals surface area (Å²) in [6.45, 7) is 1.04. The molecule has 2 aromatic rings. The third-order valence-corrected chi connectivity index (χ3v) is 7.17. The summed E-state index contributed by atoms with van der Waals surface area (Å²) < 4.78 is 27.4. The molecule has 0 radical (unpaired) electrons. The van der Waals surface area contributed by atoms with Gasteiger partial charge in [-0.3, -0.25) is 4.79 Å². The number of sulfonamides is 1. The first kappa shape index (κ1) is 21.1. The molecule has 8 heteroatoms. The van der Waals surface area contributed by atoms with Crippen LogP contribution in [0.25, 0.3) is 0 Å². The van der Waals surface area contributed by atoms with Crippen molar-refractivity contribution in [3.8, 4) is 0 Å². The van der Waals surface area contributed by atoms with Gasteiger partial charge in [0.25, 0.3) is 0 Å². The van der Waals surface area contributed by atoms with Gasteiger partial charge in [0, 0.05) is 23.7 Å². The molecule has 0 aromatic heterocycles. The molecule has 0 bridgehead atoms. The van der Waals surface area contributed by atoms with Gasteiger partial charge in [-0.1, -0.05) is 48.2 Å². The number of hydrogen-bond donors (Lipinski definition) is 1. The van der Waals surface area contributed by atoms with Crippen molar-refractivity contribution < 1.29 is 13.2 Å². The number of hydrogen-bond acceptors (Lipinski definition) is 4. The van der Waals surface area contributed by atoms with Crippen molar-refractivity contribution in [3.63, 3.8) is 0 Å². The summed E-state index contributed by atoms with van der Waals surface area (Å²) in [6.07, 6.45) is 3.82. The highest BCUT2D eigenvalue weighted by Crippen LogP contribution is 2.25. The second-order valence-electron chi connectivity index (χ2n) is 6.75. The SMILES string of the molecule is O=C(CNc1ccc(Cl)cc1Cl)c1cccc(S(=O)(=O)N2CCCCCC2)c1. The fourth-order valence-electron chi connectivity index (χ4n) is 3.17. The molecular weight excluding hydrogens is 419 g/mol. The second-order valence-corrected chi connectivity index (χ2v) is 9.53. The Kier molecular flexibility index (Phi) is 6.99. The van der Waals surface area contributed by atoms with Crippen molar-refractivity contribution in [3.05, 3.63) is 58.1 Å². The number of anilines is 1. The lowest BCUT2D eigenvalue weighted by Crippen LogP contribution is -2.32. The largest absolute Gasteiger partial charge is 0.376 e. The molecule has 1 heterocycles. The summed E-state index contributed by atoms with van der Waals surface area (Å²) in [5.41, 5.74) is 0.932. The van der Waals surface area contributed by atoms with Gasteiger partial charge in [-0.25, -0.2) is 8.42 Å². The topological polar surface area (TPSA) is 66.5 Å². The Morgan fingerprint density at radius 1 is 1.00 bits per heavy atom. The molecule has 0 amide bonds. The van der Waals surface area contributed by atoms with E-state index >= 15 is 0 Å². The van der Waals surface area contributed by atoms with Crippen molar-refractivity contribution in [1.29, 1.82) is 0 Å². The predicted molar refractivity (Wildman–Crippen MR) is 113 cm³/mol. The highest BCUT2D eigenvalue weighted by molar-refractivity contribution is 7.89. The van der Waals surface area contributed by atoms with Crippen LogP contribution in [0.1, 0.15) is 36.0 Å². The number of benzene rings is 2. The zero-order valence-corrected chi connectivity index (χ0v) is 17.7. The van der Waals surface area contributed by atoms with Gasteiger partial charge < -0.3 is 5.32 Å². The van der Waals surface area contributed by atoms with Crippen LogP contribution < -0.4 is 5.32 Å². The number of nitrogens with one attached hydrogen (secondary N) is 1. The molecule has 2 aromatic carbocycles. The van der Waals surface area contributed by atoms with Crippen LogP contribution in [0.4, 0.5) is 5.69 Å². The van der Waals surface area contributed by atoms with E-state index in [4.69, 9.17) is 23.2 Å². The fraction of sp³-hybridized carbons (Fsp3) is 0.350. The van der Waals surface area contributed by atoms with Gasteiger partial charge in [0.15, 0.2) is 5.78 Å². The Bertz CT molecular complexity index is 956. The number of Topliss-reactive ketones (excluding diaryl/α,β-unsaturated/α-hetero) is 1. The zero-order chi connectivity index (χ0) is 20.1. The number of rotatable bonds is 6. The third-order valence-electron chi connectivity index (χ3n) is 4.73. The van der Waals surface area contributed by atoms with Gasteiger partial charge in [-0.2, -0.15) is 4.31 Å². The maximum atomic E-state index is 12.9. The Morgan fingerprint density at radius 2 is 1.71 bits per heavy atom. The molecule has 28 heavy (non-hydrogen) atoms. The van der Waals surface area contributed by atoms with Crippen LogP contribution in [0.5, 0.6) is 0 Å². The fourth-order valence-corrected chi connectivity index (χ4v) is 5.21. The molecule has 1 N–H and O–H groups in total. The van der Waals surface area contributed by atoms with E-state index in [1.807, 2.05) is 0 Å². The van der Waals surface area contributed by atoms with E-state index in [2.05, 4.69) is 5.32 Å². The molecular formula is C20H22Cl2N2O3S. The number of ketones is 1. The van der Waals surface area contributed by atoms with Gasteiger partial charge >= 0.3 is 0 Å². The molecule has 5 nitrogen and oxygen atoms in total. The lowest BCUT2D eigenvalue weighted by molar-refractivity contribution is 0.101. The number of carbonyl (C=O) groups excluding carboxylic acids is 1. The van der Waals surface area contributed by atoms with E-state index in [0.717, 1.165) is 25.7 Å². The van der Waals surface area contributed by atoms with Crippen LogP contribution in [0.2, 0.25) is 10.0 Å². The average molecular weight is 441 g/mol. The molecule has 1 aliphatic rings. The van der Waals surface area contributed by atoms with E-state index in [0.29, 0.717) is 34.4 Å². The Balaban J connectivity index is 1.73. The highest BCUT2D eigenvalue weighted by Gasteiger charge is 2.25. The van der Waals surface area contributed by atoms with Gasteiger partial charge in [0.05, 0.1) is 22.2 Å². The normalized spacial score (nSPS) is 15.8. The molecule has 0 spiro atoms. The van der Waals surface area contributed by atoms with Crippen LogP contribution >= 0.6 is 23.2 Å². The minimum absolute atomic E-state index is 0.00539. The molecule has 1 aliphatic heterocycles. The van der Waals surface area contributed by atoms with Crippen LogP contribution in [-0.2, 0) is 10.0 Å². The van der Waals surface area contributed by atoms with E-state index in [-0.39, 0.29) is 17.2 Å². The molecule has 1 saturated heterocycles. The van der Waals surface area contributed by atoms with E-state index < -0.39 is 10.0 Å². The quantitative estimate of drug-likeness (QED) is 0.651. The predicted octanol–water partition coefficient (Wildman–Crippen LogP) is 4.85. The molecule has 0 aliphatic carbocycles. The molecule has 1 fully saturated rings. The van der Waals surface area contributed by atoms with Crippen molar-refractivity contribution in [2.75, 3.05) is 25.0 Å². The maximum absolute atomic E-state index is 12.9. The van der Waals surface area contributed by atoms with Crippen molar-refractivity contribution in [1.82, 2.24) is 4.31 Å². The monoisotopic (exact) mass is 440 g/mol. The van der Waals surface area contributed by atoms with Crippen LogP contribution in [0.3, 0.4) is 0 Å². The summed E-state index contributed by atoms with van der Waals surface area (Å²) in [5, 5.41) is 3.89. The highest BCUT2D eigenvalue weighted by atomic mass is 35.5. The summed E-state index contributed by atoms with van der Waals surface area (Å²) >= 11 is 12.0. The Hall–Kier alpha value is -1.60. The molecule has 150 valence electrons. The van der Waals surface area contributed by atoms with E-state index in [1.54, 1.807) is 36.4 Å². The van der Waals surface area contributed by atoms with E-state index in [9.17, 15) is 13.2 Å². The minimum atomic E-state index is -3.60. The second kappa shape index (κ2) is 9.27. The van der Waals surface area contributed by atoms with Gasteiger partial charge in [-0.15, -0.1) is 0 Å². The Morgan fingerprint density at radius 3 is 2.39 bits per heavy atom. The lowest BCUT2D eigenvalue weighted by atomic mass is 10.1. The van der Waals surface area contributed by atoms with Crippen LogP contribution in [0, 0.1) is 0 Å². The summed E-state index contributed by atoms with van der Waals surface area (Å²) in [6, 6.07) is 11.2. The van der Waals surface area contributed by atoms with Crippen molar-refractivity contribution in [2.45, 2.75) is 30.6 Å². The first-order chi connectivity index (χ1) is 13.4. The Labute approximate surface area is 175 Å². The lowest BCUT2D eigenvalue weighted by Gasteiger charge is -2.20. The molecule has 0 unspecified atom stereocenters. The van der Waals surface area contributed by atoms with Gasteiger partial charge in [-0.05, 0) is 43.2 Å². The minimum Gasteiger partial charge on any atom is -0.376 e. The van der Waals surface area contributed by atoms with Gasteiger partial charge in [0.1, 0.15) is 0 Å². The van der Waals surface area contributed by atoms with Crippen LogP contribution in [0.15, 0.2) is 47.4 Å². The maximum Gasteiger partial charge on any atom is 0.243 e. The summed E-state index contributed by atoms with van der Waals surface area (Å²) in [4.78, 5) is 12.7. The number of carbonyl (C=O) groups is 1. The number of nitrogens with zero attached hydrogens (tertiary/aromatic N) is 1. The summed E-state index contributed by atoms with van der Waals surface area (Å²) in [5.74, 6) is -0.223. The molecule has 0 atom stereocenters. The average Bonchev–Trinajstić information content (AvgIpc) is 2.97. The smallest absolute Gasteiger partial charge is 0.243 e. The molecule has 3 rings (SSSR count). The summed E-state index contributed by atoms with van der Waals surface area (Å²) in [7, 11) is -3.60. The van der Waals surface area contributed by atoms with Crippen molar-refractivity contribution >= 4 is 44.7 Å². The van der Waals surface area contributed by atoms with Gasteiger partial charge in [0.2, 0.25) is 10.0 Å². The molecule has 0 saturated carbocycles. The first-order valence-corrected chi connectivity index (χ1v) is 11.4. The number of halogens is 2. The van der Waals surface area contributed by atoms with Crippen molar-refractivity contribution in [2.24, 2.45) is 0 Å². The zero-order valence-electron chi connectivity index (χ0n) is 15.3. The van der Waals surface area contributed by atoms with E-state index in [1.165, 1.54) is 10.4 Å². The standard InChI is InChI=1S/C20H22Cl2N2O3S/c21-16-8-9-19(18(22)13-16)23-14-20(25)15-6-5-7-17(12-15)28(26,27)24-10-3-1-2-4-11-24/h5-9,12-13,23H,1-4,10-11,14H2. The first-order valence-electron chi connectivity index (χ1n) is 9.20.